The van der Waals surface area contributed by atoms with Crippen molar-refractivity contribution in [2.75, 3.05) is 0 Å². The molecule has 0 spiro atoms. The van der Waals surface area contributed by atoms with Gasteiger partial charge in [0.1, 0.15) is 0 Å². The predicted molar refractivity (Wildman–Crippen MR) is 77.3 cm³/mol. The summed E-state index contributed by atoms with van der Waals surface area (Å²) in [5.74, 6) is 0.144. The molecule has 1 unspecified atom stereocenters. The van der Waals surface area contributed by atoms with Crippen molar-refractivity contribution in [2.24, 2.45) is 5.41 Å². The molecule has 0 radical (unpaired) electrons. The monoisotopic (exact) mass is 276 g/mol. The van der Waals surface area contributed by atoms with Crippen molar-refractivity contribution in [3.05, 3.63) is 23.5 Å². The van der Waals surface area contributed by atoms with Crippen LogP contribution in [0.2, 0.25) is 0 Å². The molecule has 4 heteroatoms. The van der Waals surface area contributed by atoms with Gasteiger partial charge in [0, 0.05) is 36.5 Å². The summed E-state index contributed by atoms with van der Waals surface area (Å²) in [7, 11) is 0. The smallest absolute Gasteiger partial charge is 0.222 e. The van der Waals surface area contributed by atoms with E-state index in [-0.39, 0.29) is 17.4 Å². The molecule has 2 aliphatic rings. The van der Waals surface area contributed by atoms with Crippen LogP contribution >= 0.6 is 0 Å². The Morgan fingerprint density at radius 2 is 2.25 bits per heavy atom. The average molecular weight is 276 g/mol. The third-order valence-corrected chi connectivity index (χ3v) is 4.39. The Labute approximate surface area is 120 Å². The maximum atomic E-state index is 11.8. The van der Waals surface area contributed by atoms with E-state index < -0.39 is 0 Å². The SMILES string of the molecule is CC1(C)Cc2c(ccn2CCC(=O)NC2CC2)C(O)C1. The maximum Gasteiger partial charge on any atom is 0.222 e. The van der Waals surface area contributed by atoms with Crippen LogP contribution in [0.1, 0.15) is 56.9 Å². The molecule has 20 heavy (non-hydrogen) atoms. The normalized spacial score (nSPS) is 24.2. The van der Waals surface area contributed by atoms with Gasteiger partial charge in [-0.25, -0.2) is 0 Å². The quantitative estimate of drug-likeness (QED) is 0.885. The minimum absolute atomic E-state index is 0.124. The first-order valence-electron chi connectivity index (χ1n) is 7.60. The fourth-order valence-electron chi connectivity index (χ4n) is 3.15. The fraction of sp³-hybridized carbons (Fsp3) is 0.688. The van der Waals surface area contributed by atoms with E-state index in [1.165, 1.54) is 5.69 Å². The number of nitrogens with one attached hydrogen (secondary N) is 1. The number of fused-ring (bicyclic) bond motifs is 1. The lowest BCUT2D eigenvalue weighted by molar-refractivity contribution is -0.121. The van der Waals surface area contributed by atoms with E-state index in [9.17, 15) is 9.90 Å². The van der Waals surface area contributed by atoms with Gasteiger partial charge in [0.05, 0.1) is 6.10 Å². The third-order valence-electron chi connectivity index (χ3n) is 4.39. The van der Waals surface area contributed by atoms with Crippen LogP contribution in [0.3, 0.4) is 0 Å². The number of hydrogen-bond acceptors (Lipinski definition) is 2. The Bertz CT molecular complexity index is 515. The van der Waals surface area contributed by atoms with Crippen LogP contribution in [0.25, 0.3) is 0 Å². The van der Waals surface area contributed by atoms with Gasteiger partial charge in [-0.2, -0.15) is 0 Å². The largest absolute Gasteiger partial charge is 0.388 e. The molecule has 0 aliphatic heterocycles. The van der Waals surface area contributed by atoms with E-state index in [2.05, 4.69) is 23.7 Å². The molecule has 1 atom stereocenters. The summed E-state index contributed by atoms with van der Waals surface area (Å²) in [6.07, 6.45) is 6.21. The van der Waals surface area contributed by atoms with Crippen molar-refractivity contribution in [2.45, 2.75) is 64.6 Å². The number of aliphatic hydroxyl groups excluding tert-OH is 1. The number of aliphatic hydroxyl groups is 1. The predicted octanol–water partition coefficient (Wildman–Crippen LogP) is 2.16. The molecule has 2 aliphatic carbocycles. The molecule has 1 fully saturated rings. The summed E-state index contributed by atoms with van der Waals surface area (Å²) in [5.41, 5.74) is 2.37. The summed E-state index contributed by atoms with van der Waals surface area (Å²) in [4.78, 5) is 11.8. The summed E-state index contributed by atoms with van der Waals surface area (Å²) in [5, 5.41) is 13.2. The average Bonchev–Trinajstić information content (AvgIpc) is 3.05. The van der Waals surface area contributed by atoms with Gasteiger partial charge in [-0.1, -0.05) is 13.8 Å². The van der Waals surface area contributed by atoms with Crippen molar-refractivity contribution in [3.8, 4) is 0 Å². The van der Waals surface area contributed by atoms with Gasteiger partial charge in [-0.05, 0) is 37.2 Å². The van der Waals surface area contributed by atoms with E-state index in [0.29, 0.717) is 19.0 Å². The molecule has 1 heterocycles. The minimum atomic E-state index is -0.365. The molecular weight excluding hydrogens is 252 g/mol. The summed E-state index contributed by atoms with van der Waals surface area (Å²) < 4.78 is 2.14. The highest BCUT2D eigenvalue weighted by Crippen LogP contribution is 2.41. The Hall–Kier alpha value is -1.29. The number of nitrogens with zero attached hydrogens (tertiary/aromatic N) is 1. The van der Waals surface area contributed by atoms with Crippen LogP contribution in [-0.2, 0) is 17.8 Å². The van der Waals surface area contributed by atoms with E-state index in [1.807, 2.05) is 12.3 Å². The summed E-state index contributed by atoms with van der Waals surface area (Å²) in [6.45, 7) is 5.09. The molecule has 3 rings (SSSR count). The fourth-order valence-corrected chi connectivity index (χ4v) is 3.15. The number of aryl methyl sites for hydroxylation is 1. The first kappa shape index (κ1) is 13.7. The van der Waals surface area contributed by atoms with Crippen LogP contribution in [0.4, 0.5) is 0 Å². The second-order valence-electron chi connectivity index (χ2n) is 7.06. The molecule has 0 saturated heterocycles. The highest BCUT2D eigenvalue weighted by Gasteiger charge is 2.33. The topological polar surface area (TPSA) is 54.3 Å². The molecule has 110 valence electrons. The lowest BCUT2D eigenvalue weighted by Crippen LogP contribution is -2.28. The number of carbonyl (C=O) groups excluding carboxylic acids is 1. The number of carbonyl (C=O) groups is 1. The minimum Gasteiger partial charge on any atom is -0.388 e. The zero-order valence-corrected chi connectivity index (χ0v) is 12.4. The van der Waals surface area contributed by atoms with Crippen LogP contribution < -0.4 is 5.32 Å². The van der Waals surface area contributed by atoms with E-state index >= 15 is 0 Å². The van der Waals surface area contributed by atoms with Gasteiger partial charge in [-0.3, -0.25) is 4.79 Å². The Morgan fingerprint density at radius 3 is 2.95 bits per heavy atom. The molecule has 0 bridgehead atoms. The van der Waals surface area contributed by atoms with Gasteiger partial charge in [0.25, 0.3) is 0 Å². The van der Waals surface area contributed by atoms with E-state index in [4.69, 9.17) is 0 Å². The molecule has 4 nitrogen and oxygen atoms in total. The standard InChI is InChI=1S/C16H24N2O2/c1-16(2)9-13-12(14(19)10-16)5-7-18(13)8-6-15(20)17-11-3-4-11/h5,7,11,14,19H,3-4,6,8-10H2,1-2H3,(H,17,20). The van der Waals surface area contributed by atoms with Gasteiger partial charge in [-0.15, -0.1) is 0 Å². The lowest BCUT2D eigenvalue weighted by Gasteiger charge is -2.34. The molecule has 2 N–H and O–H groups in total. The number of amides is 1. The Morgan fingerprint density at radius 1 is 1.50 bits per heavy atom. The Balaban J connectivity index is 1.67. The summed E-state index contributed by atoms with van der Waals surface area (Å²) >= 11 is 0. The van der Waals surface area contributed by atoms with Crippen LogP contribution in [0.5, 0.6) is 0 Å². The van der Waals surface area contributed by atoms with Gasteiger partial charge in [0.2, 0.25) is 5.91 Å². The lowest BCUT2D eigenvalue weighted by atomic mass is 9.75. The van der Waals surface area contributed by atoms with Crippen molar-refractivity contribution in [3.63, 3.8) is 0 Å². The van der Waals surface area contributed by atoms with Crippen LogP contribution in [-0.4, -0.2) is 21.6 Å². The number of aromatic nitrogens is 1. The van der Waals surface area contributed by atoms with E-state index in [0.717, 1.165) is 31.2 Å². The number of rotatable bonds is 4. The zero-order chi connectivity index (χ0) is 14.3. The second-order valence-corrected chi connectivity index (χ2v) is 7.06. The van der Waals surface area contributed by atoms with Gasteiger partial charge in [0.15, 0.2) is 0 Å². The molecule has 1 aromatic heterocycles. The first-order valence-corrected chi connectivity index (χ1v) is 7.60. The maximum absolute atomic E-state index is 11.8. The van der Waals surface area contributed by atoms with Crippen molar-refractivity contribution in [1.29, 1.82) is 0 Å². The molecular formula is C16H24N2O2. The second kappa shape index (κ2) is 4.92. The molecule has 1 aromatic rings. The Kier molecular flexibility index (Phi) is 3.36. The van der Waals surface area contributed by atoms with Crippen LogP contribution in [0.15, 0.2) is 12.3 Å². The molecule has 1 amide bonds. The van der Waals surface area contributed by atoms with Crippen molar-refractivity contribution >= 4 is 5.91 Å². The molecule has 0 aromatic carbocycles. The molecule has 1 saturated carbocycles. The van der Waals surface area contributed by atoms with Crippen molar-refractivity contribution < 1.29 is 9.90 Å². The summed E-state index contributed by atoms with van der Waals surface area (Å²) in [6, 6.07) is 2.44. The van der Waals surface area contributed by atoms with Gasteiger partial charge >= 0.3 is 0 Å². The first-order chi connectivity index (χ1) is 9.44. The highest BCUT2D eigenvalue weighted by atomic mass is 16.3. The number of hydrogen-bond donors (Lipinski definition) is 2. The van der Waals surface area contributed by atoms with Gasteiger partial charge < -0.3 is 15.0 Å². The zero-order valence-electron chi connectivity index (χ0n) is 12.4. The van der Waals surface area contributed by atoms with Crippen LogP contribution in [0, 0.1) is 5.41 Å². The third kappa shape index (κ3) is 2.90. The van der Waals surface area contributed by atoms with Crippen molar-refractivity contribution in [1.82, 2.24) is 9.88 Å². The highest BCUT2D eigenvalue weighted by molar-refractivity contribution is 5.76. The van der Waals surface area contributed by atoms with E-state index in [1.54, 1.807) is 0 Å².